The van der Waals surface area contributed by atoms with Gasteiger partial charge >= 0.3 is 0 Å². The zero-order valence-electron chi connectivity index (χ0n) is 9.54. The van der Waals surface area contributed by atoms with Gasteiger partial charge in [-0.15, -0.1) is 0 Å². The highest BCUT2D eigenvalue weighted by atomic mass is 15.2. The van der Waals surface area contributed by atoms with Crippen LogP contribution in [0.3, 0.4) is 0 Å². The molecule has 3 rings (SSSR count). The van der Waals surface area contributed by atoms with Crippen LogP contribution < -0.4 is 10.6 Å². The number of hydrogen-bond donors (Lipinski definition) is 2. The second-order valence-electron chi connectivity index (χ2n) is 5.48. The normalized spacial score (nSPS) is 37.6. The second-order valence-corrected chi connectivity index (χ2v) is 5.48. The summed E-state index contributed by atoms with van der Waals surface area (Å²) in [5.74, 6) is 0.889. The van der Waals surface area contributed by atoms with Gasteiger partial charge in [0.1, 0.15) is 0 Å². The summed E-state index contributed by atoms with van der Waals surface area (Å²) in [6, 6.07) is 1.75. The Morgan fingerprint density at radius 1 is 1.20 bits per heavy atom. The van der Waals surface area contributed by atoms with E-state index in [1.165, 1.54) is 58.4 Å². The van der Waals surface area contributed by atoms with Gasteiger partial charge in [0.15, 0.2) is 0 Å². The Bertz CT molecular complexity index is 209. The molecule has 1 saturated carbocycles. The molecular formula is C12H23N3. The molecule has 2 unspecified atom stereocenters. The number of rotatable bonds is 4. The first kappa shape index (κ1) is 10.1. The molecule has 0 aromatic carbocycles. The summed E-state index contributed by atoms with van der Waals surface area (Å²) in [5, 5.41) is 7.19. The van der Waals surface area contributed by atoms with E-state index < -0.39 is 0 Å². The van der Waals surface area contributed by atoms with Crippen molar-refractivity contribution in [3.8, 4) is 0 Å². The van der Waals surface area contributed by atoms with Crippen LogP contribution in [0.15, 0.2) is 0 Å². The number of nitrogens with one attached hydrogen (secondary N) is 2. The summed E-state index contributed by atoms with van der Waals surface area (Å²) in [6.45, 7) is 6.34. The minimum Gasteiger partial charge on any atom is -0.316 e. The van der Waals surface area contributed by atoms with Crippen molar-refractivity contribution in [3.63, 3.8) is 0 Å². The maximum Gasteiger partial charge on any atom is 0.0207 e. The summed E-state index contributed by atoms with van der Waals surface area (Å²) in [6.07, 6.45) is 5.65. The first-order valence-corrected chi connectivity index (χ1v) is 6.60. The van der Waals surface area contributed by atoms with Crippen LogP contribution in [0, 0.1) is 5.92 Å². The molecule has 0 bridgehead atoms. The highest BCUT2D eigenvalue weighted by molar-refractivity contribution is 4.92. The number of nitrogens with zero attached hydrogens (tertiary/aromatic N) is 1. The summed E-state index contributed by atoms with van der Waals surface area (Å²) in [7, 11) is 0. The molecule has 3 aliphatic rings. The molecule has 2 atom stereocenters. The quantitative estimate of drug-likeness (QED) is 0.703. The SMILES string of the molecule is C1CC(CNC2CCN(C3CC3)C2)CN1. The fraction of sp³-hybridized carbons (Fsp3) is 1.00. The van der Waals surface area contributed by atoms with E-state index in [0.29, 0.717) is 0 Å². The van der Waals surface area contributed by atoms with Crippen LogP contribution in [0.25, 0.3) is 0 Å². The lowest BCUT2D eigenvalue weighted by atomic mass is 10.1. The smallest absolute Gasteiger partial charge is 0.0207 e. The first-order valence-electron chi connectivity index (χ1n) is 6.60. The van der Waals surface area contributed by atoms with Crippen molar-refractivity contribution in [1.29, 1.82) is 0 Å². The van der Waals surface area contributed by atoms with Crippen molar-refractivity contribution >= 4 is 0 Å². The molecule has 0 radical (unpaired) electrons. The maximum absolute atomic E-state index is 3.75. The third kappa shape index (κ3) is 2.52. The van der Waals surface area contributed by atoms with E-state index in [2.05, 4.69) is 15.5 Å². The molecule has 0 aromatic rings. The van der Waals surface area contributed by atoms with Crippen LogP contribution in [-0.4, -0.2) is 49.7 Å². The summed E-state index contributed by atoms with van der Waals surface area (Å²) in [4.78, 5) is 2.69. The van der Waals surface area contributed by atoms with E-state index in [-0.39, 0.29) is 0 Å². The summed E-state index contributed by atoms with van der Waals surface area (Å²) in [5.41, 5.74) is 0. The highest BCUT2D eigenvalue weighted by Crippen LogP contribution is 2.29. The van der Waals surface area contributed by atoms with Crippen LogP contribution in [0.2, 0.25) is 0 Å². The van der Waals surface area contributed by atoms with Crippen LogP contribution >= 0.6 is 0 Å². The third-order valence-corrected chi connectivity index (χ3v) is 4.14. The van der Waals surface area contributed by atoms with Crippen LogP contribution in [-0.2, 0) is 0 Å². The van der Waals surface area contributed by atoms with Gasteiger partial charge in [-0.25, -0.2) is 0 Å². The topological polar surface area (TPSA) is 27.3 Å². The Hall–Kier alpha value is -0.120. The monoisotopic (exact) mass is 209 g/mol. The molecule has 0 amide bonds. The number of hydrogen-bond acceptors (Lipinski definition) is 3. The minimum atomic E-state index is 0.784. The van der Waals surface area contributed by atoms with E-state index in [1.54, 1.807) is 0 Å². The molecule has 0 spiro atoms. The van der Waals surface area contributed by atoms with Gasteiger partial charge in [0.25, 0.3) is 0 Å². The predicted molar refractivity (Wildman–Crippen MR) is 62.0 cm³/mol. The fourth-order valence-corrected chi connectivity index (χ4v) is 2.95. The van der Waals surface area contributed by atoms with Gasteiger partial charge in [-0.3, -0.25) is 4.90 Å². The third-order valence-electron chi connectivity index (χ3n) is 4.14. The van der Waals surface area contributed by atoms with Gasteiger partial charge in [0.05, 0.1) is 0 Å². The summed E-state index contributed by atoms with van der Waals surface area (Å²) < 4.78 is 0. The fourth-order valence-electron chi connectivity index (χ4n) is 2.95. The van der Waals surface area contributed by atoms with E-state index in [0.717, 1.165) is 18.0 Å². The lowest BCUT2D eigenvalue weighted by Gasteiger charge is -2.17. The Morgan fingerprint density at radius 2 is 2.13 bits per heavy atom. The largest absolute Gasteiger partial charge is 0.316 e. The van der Waals surface area contributed by atoms with E-state index in [9.17, 15) is 0 Å². The van der Waals surface area contributed by atoms with Gasteiger partial charge in [-0.2, -0.15) is 0 Å². The number of likely N-dealkylation sites (tertiary alicyclic amines) is 1. The molecule has 2 saturated heterocycles. The Labute approximate surface area is 92.6 Å². The second kappa shape index (κ2) is 4.40. The standard InChI is InChI=1S/C12H23N3/c1-2-12(1)15-6-4-11(9-15)14-8-10-3-5-13-7-10/h10-14H,1-9H2. The van der Waals surface area contributed by atoms with Crippen LogP contribution in [0.4, 0.5) is 0 Å². The van der Waals surface area contributed by atoms with Gasteiger partial charge in [0, 0.05) is 25.2 Å². The first-order chi connectivity index (χ1) is 7.42. The molecule has 3 nitrogen and oxygen atoms in total. The molecule has 2 heterocycles. The zero-order chi connectivity index (χ0) is 10.1. The average molecular weight is 209 g/mol. The predicted octanol–water partition coefficient (Wildman–Crippen LogP) is 0.422. The lowest BCUT2D eigenvalue weighted by Crippen LogP contribution is -2.36. The molecule has 3 fully saturated rings. The molecule has 86 valence electrons. The molecule has 3 heteroatoms. The zero-order valence-corrected chi connectivity index (χ0v) is 9.54. The highest BCUT2D eigenvalue weighted by Gasteiger charge is 2.34. The van der Waals surface area contributed by atoms with Gasteiger partial charge in [0.2, 0.25) is 0 Å². The van der Waals surface area contributed by atoms with Gasteiger partial charge in [-0.1, -0.05) is 0 Å². The molecule has 1 aliphatic carbocycles. The Balaban J connectivity index is 1.37. The van der Waals surface area contributed by atoms with Crippen molar-refractivity contribution < 1.29 is 0 Å². The lowest BCUT2D eigenvalue weighted by molar-refractivity contribution is 0.315. The van der Waals surface area contributed by atoms with Crippen molar-refractivity contribution in [1.82, 2.24) is 15.5 Å². The molecular weight excluding hydrogens is 186 g/mol. The van der Waals surface area contributed by atoms with Gasteiger partial charge in [-0.05, 0) is 51.2 Å². The van der Waals surface area contributed by atoms with Crippen molar-refractivity contribution in [2.45, 2.75) is 37.8 Å². The molecule has 0 aromatic heterocycles. The maximum atomic E-state index is 3.75. The summed E-state index contributed by atoms with van der Waals surface area (Å²) >= 11 is 0. The average Bonchev–Trinajstić information content (AvgIpc) is 2.82. The molecule has 15 heavy (non-hydrogen) atoms. The Morgan fingerprint density at radius 3 is 2.87 bits per heavy atom. The minimum absolute atomic E-state index is 0.784. The van der Waals surface area contributed by atoms with Crippen LogP contribution in [0.1, 0.15) is 25.7 Å². The van der Waals surface area contributed by atoms with Crippen molar-refractivity contribution in [3.05, 3.63) is 0 Å². The molecule has 2 N–H and O–H groups in total. The van der Waals surface area contributed by atoms with Crippen LogP contribution in [0.5, 0.6) is 0 Å². The van der Waals surface area contributed by atoms with E-state index >= 15 is 0 Å². The molecule has 2 aliphatic heterocycles. The van der Waals surface area contributed by atoms with E-state index in [1.807, 2.05) is 0 Å². The van der Waals surface area contributed by atoms with Gasteiger partial charge < -0.3 is 10.6 Å². The van der Waals surface area contributed by atoms with Crippen molar-refractivity contribution in [2.75, 3.05) is 32.7 Å². The Kier molecular flexibility index (Phi) is 2.95. The van der Waals surface area contributed by atoms with E-state index in [4.69, 9.17) is 0 Å². The van der Waals surface area contributed by atoms with Crippen molar-refractivity contribution in [2.24, 2.45) is 5.92 Å².